The Balaban J connectivity index is 1.65. The van der Waals surface area contributed by atoms with Crippen LogP contribution in [0.15, 0.2) is 36.7 Å². The van der Waals surface area contributed by atoms with E-state index in [1.807, 2.05) is 30.3 Å². The first-order chi connectivity index (χ1) is 10.9. The molecule has 1 N–H and O–H groups in total. The van der Waals surface area contributed by atoms with Crippen LogP contribution in [0.4, 0.5) is 5.82 Å². The van der Waals surface area contributed by atoms with Crippen molar-refractivity contribution < 1.29 is 4.74 Å². The Morgan fingerprint density at radius 2 is 2.14 bits per heavy atom. The molecule has 0 saturated carbocycles. The molecule has 0 spiro atoms. The van der Waals surface area contributed by atoms with Gasteiger partial charge in [0.25, 0.3) is 0 Å². The number of aromatic nitrogens is 5. The number of nitrogens with one attached hydrogen (secondary N) is 1. The van der Waals surface area contributed by atoms with Crippen molar-refractivity contribution >= 4 is 17.0 Å². The van der Waals surface area contributed by atoms with Crippen LogP contribution in [0.25, 0.3) is 16.9 Å². The maximum absolute atomic E-state index is 5.39. The summed E-state index contributed by atoms with van der Waals surface area (Å²) in [6.07, 6.45) is 2.62. The minimum absolute atomic E-state index is 0.522. The first-order valence-corrected chi connectivity index (χ1v) is 7.35. The minimum atomic E-state index is 0.522. The van der Waals surface area contributed by atoms with Gasteiger partial charge in [-0.2, -0.15) is 4.68 Å². The predicted molar refractivity (Wildman–Crippen MR) is 81.9 cm³/mol. The molecule has 0 unspecified atom stereocenters. The van der Waals surface area contributed by atoms with Crippen LogP contribution in [-0.2, 0) is 4.74 Å². The molecular weight excluding hydrogens is 280 g/mol. The first-order valence-electron chi connectivity index (χ1n) is 7.35. The third kappa shape index (κ3) is 2.39. The van der Waals surface area contributed by atoms with Crippen molar-refractivity contribution in [3.05, 3.63) is 36.7 Å². The lowest BCUT2D eigenvalue weighted by molar-refractivity contribution is 0.187. The van der Waals surface area contributed by atoms with Gasteiger partial charge in [-0.3, -0.25) is 0 Å². The van der Waals surface area contributed by atoms with Crippen LogP contribution >= 0.6 is 0 Å². The van der Waals surface area contributed by atoms with E-state index < -0.39 is 0 Å². The lowest BCUT2D eigenvalue weighted by Crippen LogP contribution is -2.15. The molecular formula is C15H16N6O. The third-order valence-corrected chi connectivity index (χ3v) is 3.82. The van der Waals surface area contributed by atoms with Gasteiger partial charge in [-0.05, 0) is 18.6 Å². The van der Waals surface area contributed by atoms with Crippen LogP contribution in [0, 0.1) is 5.92 Å². The van der Waals surface area contributed by atoms with Crippen molar-refractivity contribution in [2.45, 2.75) is 6.42 Å². The minimum Gasteiger partial charge on any atom is -0.381 e. The van der Waals surface area contributed by atoms with E-state index in [9.17, 15) is 0 Å². The molecule has 1 aliphatic rings. The molecule has 4 rings (SSSR count). The highest BCUT2D eigenvalue weighted by Crippen LogP contribution is 2.20. The summed E-state index contributed by atoms with van der Waals surface area (Å²) in [5, 5.41) is 11.8. The quantitative estimate of drug-likeness (QED) is 0.789. The Morgan fingerprint density at radius 1 is 1.23 bits per heavy atom. The Labute approximate surface area is 127 Å². The standard InChI is InChI=1S/C15H16N6O/c1-2-4-12(5-3-1)21-15-13(19-20-21)14(17-10-18-15)16-8-11-6-7-22-9-11/h1-5,10-11H,6-9H2,(H,16,17,18)/t11-/m0/s1. The third-order valence-electron chi connectivity index (χ3n) is 3.82. The lowest BCUT2D eigenvalue weighted by atomic mass is 10.1. The Kier molecular flexibility index (Phi) is 3.40. The largest absolute Gasteiger partial charge is 0.381 e. The molecule has 1 saturated heterocycles. The average Bonchev–Trinajstić information content (AvgIpc) is 3.23. The molecule has 7 nitrogen and oxygen atoms in total. The number of nitrogens with zero attached hydrogens (tertiary/aromatic N) is 5. The van der Waals surface area contributed by atoms with E-state index in [0.717, 1.165) is 37.7 Å². The number of rotatable bonds is 4. The van der Waals surface area contributed by atoms with Gasteiger partial charge in [0.05, 0.1) is 12.3 Å². The topological polar surface area (TPSA) is 77.8 Å². The Bertz CT molecular complexity index is 766. The van der Waals surface area contributed by atoms with E-state index in [1.165, 1.54) is 0 Å². The van der Waals surface area contributed by atoms with Crippen molar-refractivity contribution in [1.82, 2.24) is 25.0 Å². The van der Waals surface area contributed by atoms with Gasteiger partial charge in [0, 0.05) is 19.1 Å². The average molecular weight is 296 g/mol. The van der Waals surface area contributed by atoms with Gasteiger partial charge in [-0.15, -0.1) is 5.10 Å². The molecule has 22 heavy (non-hydrogen) atoms. The number of ether oxygens (including phenoxy) is 1. The fourth-order valence-corrected chi connectivity index (χ4v) is 2.61. The van der Waals surface area contributed by atoms with Crippen LogP contribution in [0.3, 0.4) is 0 Å². The van der Waals surface area contributed by atoms with Crippen molar-refractivity contribution in [3.63, 3.8) is 0 Å². The van der Waals surface area contributed by atoms with Gasteiger partial charge >= 0.3 is 0 Å². The second kappa shape index (κ2) is 5.69. The fourth-order valence-electron chi connectivity index (χ4n) is 2.61. The zero-order valence-corrected chi connectivity index (χ0v) is 12.0. The maximum Gasteiger partial charge on any atom is 0.188 e. The fraction of sp³-hybridized carbons (Fsp3) is 0.333. The van der Waals surface area contributed by atoms with Crippen LogP contribution < -0.4 is 5.32 Å². The monoisotopic (exact) mass is 296 g/mol. The smallest absolute Gasteiger partial charge is 0.188 e. The van der Waals surface area contributed by atoms with Gasteiger partial charge < -0.3 is 10.1 Å². The van der Waals surface area contributed by atoms with Crippen LogP contribution in [-0.4, -0.2) is 44.7 Å². The van der Waals surface area contributed by atoms with E-state index in [2.05, 4.69) is 25.6 Å². The van der Waals surface area contributed by atoms with E-state index in [0.29, 0.717) is 17.1 Å². The van der Waals surface area contributed by atoms with E-state index in [-0.39, 0.29) is 0 Å². The highest BCUT2D eigenvalue weighted by Gasteiger charge is 2.17. The number of benzene rings is 1. The van der Waals surface area contributed by atoms with Gasteiger partial charge in [0.2, 0.25) is 0 Å². The molecule has 0 bridgehead atoms. The number of anilines is 1. The number of fused-ring (bicyclic) bond motifs is 1. The van der Waals surface area contributed by atoms with Crippen LogP contribution in [0.5, 0.6) is 0 Å². The zero-order valence-electron chi connectivity index (χ0n) is 12.0. The molecule has 0 aliphatic carbocycles. The van der Waals surface area contributed by atoms with Crippen molar-refractivity contribution in [1.29, 1.82) is 0 Å². The SMILES string of the molecule is c1ccc(-n2nnc3c(NC[C@@H]4CCOC4)ncnc32)cc1. The summed E-state index contributed by atoms with van der Waals surface area (Å²) in [7, 11) is 0. The van der Waals surface area contributed by atoms with Crippen molar-refractivity contribution in [2.75, 3.05) is 25.1 Å². The normalized spacial score (nSPS) is 17.9. The predicted octanol–water partition coefficient (Wildman–Crippen LogP) is 1.66. The van der Waals surface area contributed by atoms with E-state index >= 15 is 0 Å². The van der Waals surface area contributed by atoms with Gasteiger partial charge in [0.15, 0.2) is 17.0 Å². The van der Waals surface area contributed by atoms with Gasteiger partial charge in [0.1, 0.15) is 6.33 Å². The molecule has 112 valence electrons. The summed E-state index contributed by atoms with van der Waals surface area (Å²) in [5.41, 5.74) is 2.32. The molecule has 1 aromatic carbocycles. The Hall–Kier alpha value is -2.54. The van der Waals surface area contributed by atoms with Crippen LogP contribution in [0.1, 0.15) is 6.42 Å². The van der Waals surface area contributed by atoms with Crippen molar-refractivity contribution in [3.8, 4) is 5.69 Å². The van der Waals surface area contributed by atoms with E-state index in [1.54, 1.807) is 11.0 Å². The van der Waals surface area contributed by atoms with Gasteiger partial charge in [-0.1, -0.05) is 23.4 Å². The molecule has 7 heteroatoms. The van der Waals surface area contributed by atoms with E-state index in [4.69, 9.17) is 4.74 Å². The zero-order chi connectivity index (χ0) is 14.8. The van der Waals surface area contributed by atoms with Gasteiger partial charge in [-0.25, -0.2) is 9.97 Å². The lowest BCUT2D eigenvalue weighted by Gasteiger charge is -2.09. The first kappa shape index (κ1) is 13.1. The maximum atomic E-state index is 5.39. The molecule has 1 fully saturated rings. The molecule has 0 amide bonds. The summed E-state index contributed by atoms with van der Waals surface area (Å²) in [5.74, 6) is 1.24. The van der Waals surface area contributed by atoms with Crippen molar-refractivity contribution in [2.24, 2.45) is 5.92 Å². The molecule has 3 heterocycles. The summed E-state index contributed by atoms with van der Waals surface area (Å²) < 4.78 is 7.11. The second-order valence-electron chi connectivity index (χ2n) is 5.34. The summed E-state index contributed by atoms with van der Waals surface area (Å²) in [6.45, 7) is 2.47. The highest BCUT2D eigenvalue weighted by molar-refractivity contribution is 5.82. The molecule has 3 aromatic rings. The number of hydrogen-bond donors (Lipinski definition) is 1. The highest BCUT2D eigenvalue weighted by atomic mass is 16.5. The number of para-hydroxylation sites is 1. The summed E-state index contributed by atoms with van der Waals surface area (Å²) in [4.78, 5) is 8.62. The summed E-state index contributed by atoms with van der Waals surface area (Å²) in [6, 6.07) is 9.83. The molecule has 1 atom stereocenters. The molecule has 0 radical (unpaired) electrons. The Morgan fingerprint density at radius 3 is 2.95 bits per heavy atom. The summed E-state index contributed by atoms with van der Waals surface area (Å²) >= 11 is 0. The van der Waals surface area contributed by atoms with Crippen LogP contribution in [0.2, 0.25) is 0 Å². The molecule has 2 aromatic heterocycles. The second-order valence-corrected chi connectivity index (χ2v) is 5.34. The number of hydrogen-bond acceptors (Lipinski definition) is 6. The molecule has 1 aliphatic heterocycles.